The molecule has 0 unspecified atom stereocenters. The highest BCUT2D eigenvalue weighted by molar-refractivity contribution is 5.78. The highest BCUT2D eigenvalue weighted by Gasteiger charge is 2.16. The molecule has 0 radical (unpaired) electrons. The van der Waals surface area contributed by atoms with Gasteiger partial charge in [0.15, 0.2) is 0 Å². The Hall–Kier alpha value is -2.13. The summed E-state index contributed by atoms with van der Waals surface area (Å²) in [4.78, 5) is 12.0. The van der Waals surface area contributed by atoms with Gasteiger partial charge in [-0.05, 0) is 29.5 Å². The van der Waals surface area contributed by atoms with Crippen molar-refractivity contribution in [1.82, 2.24) is 5.32 Å². The average molecular weight is 295 g/mol. The van der Waals surface area contributed by atoms with Gasteiger partial charge in [0.2, 0.25) is 5.91 Å². The summed E-state index contributed by atoms with van der Waals surface area (Å²) in [5.41, 5.74) is 3.39. The summed E-state index contributed by atoms with van der Waals surface area (Å²) in [5, 5.41) is 2.96. The van der Waals surface area contributed by atoms with E-state index in [2.05, 4.69) is 29.6 Å². The molecule has 22 heavy (non-hydrogen) atoms. The van der Waals surface area contributed by atoms with E-state index in [1.807, 2.05) is 30.3 Å². The van der Waals surface area contributed by atoms with Crippen molar-refractivity contribution in [2.24, 2.45) is 0 Å². The van der Waals surface area contributed by atoms with Crippen molar-refractivity contribution in [1.29, 1.82) is 0 Å². The molecule has 0 saturated carbocycles. The fraction of sp³-hybridized carbons (Fsp3) is 0.316. The van der Waals surface area contributed by atoms with Crippen molar-refractivity contribution in [3.63, 3.8) is 0 Å². The summed E-state index contributed by atoms with van der Waals surface area (Å²) in [6.45, 7) is 1.45. The molecule has 114 valence electrons. The van der Waals surface area contributed by atoms with E-state index in [9.17, 15) is 4.79 Å². The van der Waals surface area contributed by atoms with Crippen LogP contribution in [-0.2, 0) is 16.0 Å². The Morgan fingerprint density at radius 2 is 1.77 bits per heavy atom. The van der Waals surface area contributed by atoms with E-state index in [0.717, 1.165) is 25.0 Å². The first-order valence-electron chi connectivity index (χ1n) is 7.84. The number of hydrogen-bond donors (Lipinski definition) is 1. The van der Waals surface area contributed by atoms with Gasteiger partial charge in [0.25, 0.3) is 0 Å². The predicted molar refractivity (Wildman–Crippen MR) is 87.6 cm³/mol. The van der Waals surface area contributed by atoms with E-state index < -0.39 is 0 Å². The first kappa shape index (κ1) is 14.8. The van der Waals surface area contributed by atoms with Crippen molar-refractivity contribution < 1.29 is 9.53 Å². The second-order valence-corrected chi connectivity index (χ2v) is 5.68. The molecule has 1 fully saturated rings. The Labute approximate surface area is 131 Å². The minimum Gasteiger partial charge on any atom is -0.376 e. The molecule has 0 aliphatic carbocycles. The van der Waals surface area contributed by atoms with Gasteiger partial charge in [-0.25, -0.2) is 0 Å². The standard InChI is InChI=1S/C19H21NO2/c21-19(20-14-18-7-4-12-22-18)13-15-8-10-17(11-9-15)16-5-2-1-3-6-16/h1-3,5-6,8-11,18H,4,7,12-14H2,(H,20,21)/t18-/m0/s1. The molecule has 3 rings (SSSR count). The molecule has 0 aromatic heterocycles. The van der Waals surface area contributed by atoms with Crippen LogP contribution in [0.2, 0.25) is 0 Å². The van der Waals surface area contributed by atoms with Crippen molar-refractivity contribution in [3.05, 3.63) is 60.2 Å². The zero-order chi connectivity index (χ0) is 15.2. The number of hydrogen-bond acceptors (Lipinski definition) is 2. The fourth-order valence-corrected chi connectivity index (χ4v) is 2.73. The van der Waals surface area contributed by atoms with Crippen LogP contribution in [0.15, 0.2) is 54.6 Å². The lowest BCUT2D eigenvalue weighted by atomic mass is 10.0. The number of nitrogens with one attached hydrogen (secondary N) is 1. The van der Waals surface area contributed by atoms with Crippen LogP contribution in [-0.4, -0.2) is 25.2 Å². The molecule has 1 aliphatic rings. The smallest absolute Gasteiger partial charge is 0.224 e. The molecule has 0 bridgehead atoms. The van der Waals surface area contributed by atoms with Gasteiger partial charge in [-0.15, -0.1) is 0 Å². The van der Waals surface area contributed by atoms with Gasteiger partial charge in [0, 0.05) is 13.2 Å². The van der Waals surface area contributed by atoms with Crippen molar-refractivity contribution in [3.8, 4) is 11.1 Å². The van der Waals surface area contributed by atoms with E-state index in [0.29, 0.717) is 13.0 Å². The first-order valence-corrected chi connectivity index (χ1v) is 7.84. The Kier molecular flexibility index (Phi) is 4.86. The van der Waals surface area contributed by atoms with Gasteiger partial charge in [-0.1, -0.05) is 54.6 Å². The Bertz CT molecular complexity index is 601. The van der Waals surface area contributed by atoms with Crippen molar-refractivity contribution in [2.45, 2.75) is 25.4 Å². The molecule has 1 heterocycles. The Balaban J connectivity index is 1.53. The lowest BCUT2D eigenvalue weighted by Crippen LogP contribution is -2.32. The van der Waals surface area contributed by atoms with Crippen LogP contribution < -0.4 is 5.32 Å². The van der Waals surface area contributed by atoms with Crippen LogP contribution in [0.4, 0.5) is 0 Å². The van der Waals surface area contributed by atoms with E-state index in [1.54, 1.807) is 0 Å². The fourth-order valence-electron chi connectivity index (χ4n) is 2.73. The van der Waals surface area contributed by atoms with E-state index in [1.165, 1.54) is 11.1 Å². The third-order valence-corrected chi connectivity index (χ3v) is 3.98. The number of carbonyl (C=O) groups is 1. The average Bonchev–Trinajstić information content (AvgIpc) is 3.08. The zero-order valence-corrected chi connectivity index (χ0v) is 12.6. The molecule has 2 aromatic rings. The summed E-state index contributed by atoms with van der Waals surface area (Å²) in [7, 11) is 0. The molecule has 2 aromatic carbocycles. The minimum atomic E-state index is 0.0583. The van der Waals surface area contributed by atoms with Gasteiger partial charge >= 0.3 is 0 Å². The molecule has 1 saturated heterocycles. The maximum Gasteiger partial charge on any atom is 0.224 e. The van der Waals surface area contributed by atoms with Gasteiger partial charge in [-0.2, -0.15) is 0 Å². The predicted octanol–water partition coefficient (Wildman–Crippen LogP) is 3.19. The summed E-state index contributed by atoms with van der Waals surface area (Å²) in [6, 6.07) is 18.4. The largest absolute Gasteiger partial charge is 0.376 e. The first-order chi connectivity index (χ1) is 10.8. The summed E-state index contributed by atoms with van der Waals surface area (Å²) >= 11 is 0. The van der Waals surface area contributed by atoms with Crippen LogP contribution in [0.1, 0.15) is 18.4 Å². The molecule has 1 aliphatic heterocycles. The lowest BCUT2D eigenvalue weighted by molar-refractivity contribution is -0.120. The second-order valence-electron chi connectivity index (χ2n) is 5.68. The third-order valence-electron chi connectivity index (χ3n) is 3.98. The summed E-state index contributed by atoms with van der Waals surface area (Å²) in [5.74, 6) is 0.0583. The highest BCUT2D eigenvalue weighted by Crippen LogP contribution is 2.19. The van der Waals surface area contributed by atoms with Crippen LogP contribution in [0.3, 0.4) is 0 Å². The van der Waals surface area contributed by atoms with Gasteiger partial charge < -0.3 is 10.1 Å². The monoisotopic (exact) mass is 295 g/mol. The number of amides is 1. The van der Waals surface area contributed by atoms with E-state index in [4.69, 9.17) is 4.74 Å². The molecule has 1 amide bonds. The molecule has 1 N–H and O–H groups in total. The molecule has 0 spiro atoms. The molecule has 3 nitrogen and oxygen atoms in total. The minimum absolute atomic E-state index is 0.0583. The summed E-state index contributed by atoms with van der Waals surface area (Å²) < 4.78 is 5.50. The van der Waals surface area contributed by atoms with E-state index >= 15 is 0 Å². The van der Waals surface area contributed by atoms with Gasteiger partial charge in [-0.3, -0.25) is 4.79 Å². The Morgan fingerprint density at radius 1 is 1.05 bits per heavy atom. The normalized spacial score (nSPS) is 17.4. The zero-order valence-electron chi connectivity index (χ0n) is 12.6. The topological polar surface area (TPSA) is 38.3 Å². The van der Waals surface area contributed by atoms with Crippen molar-refractivity contribution >= 4 is 5.91 Å². The second kappa shape index (κ2) is 7.23. The Morgan fingerprint density at radius 3 is 2.45 bits per heavy atom. The van der Waals surface area contributed by atoms with Crippen LogP contribution >= 0.6 is 0 Å². The molecule has 1 atom stereocenters. The molecule has 3 heteroatoms. The number of carbonyl (C=O) groups excluding carboxylic acids is 1. The number of ether oxygens (including phenoxy) is 1. The van der Waals surface area contributed by atoms with Crippen molar-refractivity contribution in [2.75, 3.05) is 13.2 Å². The molecular weight excluding hydrogens is 274 g/mol. The van der Waals surface area contributed by atoms with Gasteiger partial charge in [0.05, 0.1) is 12.5 Å². The van der Waals surface area contributed by atoms with Crippen LogP contribution in [0, 0.1) is 0 Å². The SMILES string of the molecule is O=C(Cc1ccc(-c2ccccc2)cc1)NC[C@@H]1CCCO1. The van der Waals surface area contributed by atoms with Crippen LogP contribution in [0.25, 0.3) is 11.1 Å². The number of rotatable bonds is 5. The molecular formula is C19H21NO2. The van der Waals surface area contributed by atoms with Crippen LogP contribution in [0.5, 0.6) is 0 Å². The highest BCUT2D eigenvalue weighted by atomic mass is 16.5. The maximum atomic E-state index is 12.0. The summed E-state index contributed by atoms with van der Waals surface area (Å²) in [6.07, 6.45) is 2.76. The number of benzene rings is 2. The lowest BCUT2D eigenvalue weighted by Gasteiger charge is -2.11. The van der Waals surface area contributed by atoms with E-state index in [-0.39, 0.29) is 12.0 Å². The quantitative estimate of drug-likeness (QED) is 0.920. The maximum absolute atomic E-state index is 12.0. The third kappa shape index (κ3) is 3.95. The van der Waals surface area contributed by atoms with Gasteiger partial charge in [0.1, 0.15) is 0 Å².